The number of amides is 1. The van der Waals surface area contributed by atoms with Gasteiger partial charge >= 0.3 is 0 Å². The Bertz CT molecular complexity index is 254. The zero-order valence-electron chi connectivity index (χ0n) is 12.1. The van der Waals surface area contributed by atoms with Crippen LogP contribution in [0.4, 0.5) is 0 Å². The van der Waals surface area contributed by atoms with E-state index in [1.807, 2.05) is 0 Å². The van der Waals surface area contributed by atoms with Gasteiger partial charge in [0.05, 0.1) is 0 Å². The second-order valence-electron chi connectivity index (χ2n) is 6.65. The molecule has 1 fully saturated rings. The lowest BCUT2D eigenvalue weighted by atomic mass is 9.85. The van der Waals surface area contributed by atoms with Crippen LogP contribution in [0.15, 0.2) is 0 Å². The highest BCUT2D eigenvalue weighted by Gasteiger charge is 2.25. The van der Waals surface area contributed by atoms with Crippen molar-refractivity contribution in [3.05, 3.63) is 0 Å². The standard InChI is InChI=1S/C15H28BrNO/c1-15(2,3)13(10-11-16)17-14(18)9-8-12-6-4-5-7-12/h12-13H,4-11H2,1-3H3,(H,17,18). The molecule has 1 N–H and O–H groups in total. The summed E-state index contributed by atoms with van der Waals surface area (Å²) >= 11 is 3.47. The van der Waals surface area contributed by atoms with E-state index in [1.165, 1.54) is 25.7 Å². The zero-order chi connectivity index (χ0) is 13.6. The Morgan fingerprint density at radius 3 is 2.44 bits per heavy atom. The first kappa shape index (κ1) is 16.0. The molecule has 0 aromatic carbocycles. The van der Waals surface area contributed by atoms with E-state index in [-0.39, 0.29) is 17.4 Å². The maximum Gasteiger partial charge on any atom is 0.220 e. The first-order valence-corrected chi connectivity index (χ1v) is 8.41. The Labute approximate surface area is 120 Å². The summed E-state index contributed by atoms with van der Waals surface area (Å²) < 4.78 is 0. The fourth-order valence-corrected chi connectivity index (χ4v) is 3.19. The van der Waals surface area contributed by atoms with E-state index in [4.69, 9.17) is 0 Å². The van der Waals surface area contributed by atoms with Gasteiger partial charge in [0.15, 0.2) is 0 Å². The van der Waals surface area contributed by atoms with E-state index in [0.29, 0.717) is 6.42 Å². The molecule has 0 aliphatic heterocycles. The van der Waals surface area contributed by atoms with Gasteiger partial charge in [0.25, 0.3) is 0 Å². The van der Waals surface area contributed by atoms with Crippen molar-refractivity contribution in [2.24, 2.45) is 11.3 Å². The summed E-state index contributed by atoms with van der Waals surface area (Å²) in [5.41, 5.74) is 0.136. The fraction of sp³-hybridized carbons (Fsp3) is 0.933. The molecule has 3 heteroatoms. The van der Waals surface area contributed by atoms with E-state index in [2.05, 4.69) is 42.0 Å². The molecule has 2 nitrogen and oxygen atoms in total. The summed E-state index contributed by atoms with van der Waals surface area (Å²) in [4.78, 5) is 12.0. The molecule has 1 amide bonds. The van der Waals surface area contributed by atoms with Crippen LogP contribution in [0, 0.1) is 11.3 Å². The molecule has 1 atom stereocenters. The predicted octanol–water partition coefficient (Wildman–Crippen LogP) is 4.27. The number of nitrogens with one attached hydrogen (secondary N) is 1. The number of hydrogen-bond donors (Lipinski definition) is 1. The van der Waals surface area contributed by atoms with Gasteiger partial charge < -0.3 is 5.32 Å². The van der Waals surface area contributed by atoms with Gasteiger partial charge in [0.1, 0.15) is 0 Å². The first-order valence-electron chi connectivity index (χ1n) is 7.29. The minimum atomic E-state index is 0.136. The molecule has 1 unspecified atom stereocenters. The van der Waals surface area contributed by atoms with Crippen molar-refractivity contribution < 1.29 is 4.79 Å². The van der Waals surface area contributed by atoms with Crippen LogP contribution >= 0.6 is 15.9 Å². The smallest absolute Gasteiger partial charge is 0.220 e. The van der Waals surface area contributed by atoms with Crippen LogP contribution in [0.3, 0.4) is 0 Å². The van der Waals surface area contributed by atoms with Crippen molar-refractivity contribution in [2.45, 2.75) is 71.8 Å². The Balaban J connectivity index is 2.31. The molecule has 0 saturated heterocycles. The molecule has 0 heterocycles. The van der Waals surface area contributed by atoms with Gasteiger partial charge in [-0.3, -0.25) is 4.79 Å². The predicted molar refractivity (Wildman–Crippen MR) is 81.0 cm³/mol. The first-order chi connectivity index (χ1) is 8.43. The van der Waals surface area contributed by atoms with Crippen molar-refractivity contribution >= 4 is 21.8 Å². The third-order valence-corrected chi connectivity index (χ3v) is 4.49. The van der Waals surface area contributed by atoms with Crippen LogP contribution in [-0.4, -0.2) is 17.3 Å². The third-order valence-electron chi connectivity index (χ3n) is 4.03. The van der Waals surface area contributed by atoms with Crippen LogP contribution in [-0.2, 0) is 4.79 Å². The van der Waals surface area contributed by atoms with Crippen LogP contribution in [0.5, 0.6) is 0 Å². The number of alkyl halides is 1. The van der Waals surface area contributed by atoms with E-state index in [0.717, 1.165) is 24.1 Å². The molecule has 0 radical (unpaired) electrons. The molecule has 106 valence electrons. The number of halogens is 1. The molecule has 0 spiro atoms. The molecule has 0 aromatic heterocycles. The summed E-state index contributed by atoms with van der Waals surface area (Å²) in [7, 11) is 0. The molecule has 18 heavy (non-hydrogen) atoms. The Morgan fingerprint density at radius 1 is 1.33 bits per heavy atom. The highest BCUT2D eigenvalue weighted by Crippen LogP contribution is 2.28. The zero-order valence-corrected chi connectivity index (χ0v) is 13.7. The summed E-state index contributed by atoms with van der Waals surface area (Å²) in [6.45, 7) is 6.58. The Kier molecular flexibility index (Phi) is 6.68. The van der Waals surface area contributed by atoms with Crippen molar-refractivity contribution in [1.82, 2.24) is 5.32 Å². The lowest BCUT2D eigenvalue weighted by Crippen LogP contribution is -2.44. The minimum absolute atomic E-state index is 0.136. The molecule has 1 saturated carbocycles. The summed E-state index contributed by atoms with van der Waals surface area (Å²) in [6, 6.07) is 0.271. The molecule has 0 aromatic rings. The van der Waals surface area contributed by atoms with Gasteiger partial charge in [0, 0.05) is 17.8 Å². The van der Waals surface area contributed by atoms with Gasteiger partial charge in [0.2, 0.25) is 5.91 Å². The van der Waals surface area contributed by atoms with Gasteiger partial charge in [-0.05, 0) is 24.2 Å². The number of carbonyl (C=O) groups is 1. The quantitative estimate of drug-likeness (QED) is 0.728. The molecular formula is C15H28BrNO. The van der Waals surface area contributed by atoms with Gasteiger partial charge in [-0.25, -0.2) is 0 Å². The van der Waals surface area contributed by atoms with E-state index >= 15 is 0 Å². The van der Waals surface area contributed by atoms with Crippen LogP contribution in [0.2, 0.25) is 0 Å². The van der Waals surface area contributed by atoms with E-state index < -0.39 is 0 Å². The van der Waals surface area contributed by atoms with Crippen LogP contribution < -0.4 is 5.32 Å². The lowest BCUT2D eigenvalue weighted by molar-refractivity contribution is -0.122. The normalized spacial score (nSPS) is 18.9. The number of hydrogen-bond acceptors (Lipinski definition) is 1. The Morgan fingerprint density at radius 2 is 1.94 bits per heavy atom. The van der Waals surface area contributed by atoms with Crippen LogP contribution in [0.25, 0.3) is 0 Å². The molecule has 1 rings (SSSR count). The molecular weight excluding hydrogens is 290 g/mol. The summed E-state index contributed by atoms with van der Waals surface area (Å²) in [6.07, 6.45) is 8.17. The SMILES string of the molecule is CC(C)(C)C(CCBr)NC(=O)CCC1CCCC1. The highest BCUT2D eigenvalue weighted by molar-refractivity contribution is 9.09. The second-order valence-corrected chi connectivity index (χ2v) is 7.45. The minimum Gasteiger partial charge on any atom is -0.353 e. The maximum absolute atomic E-state index is 12.0. The lowest BCUT2D eigenvalue weighted by Gasteiger charge is -2.31. The van der Waals surface area contributed by atoms with Gasteiger partial charge in [-0.2, -0.15) is 0 Å². The summed E-state index contributed by atoms with van der Waals surface area (Å²) in [5.74, 6) is 1.04. The average Bonchev–Trinajstić information content (AvgIpc) is 2.77. The monoisotopic (exact) mass is 317 g/mol. The average molecular weight is 318 g/mol. The summed E-state index contributed by atoms with van der Waals surface area (Å²) in [5, 5.41) is 4.16. The third kappa shape index (κ3) is 5.73. The van der Waals surface area contributed by atoms with E-state index in [9.17, 15) is 4.79 Å². The maximum atomic E-state index is 12.0. The van der Waals surface area contributed by atoms with Crippen molar-refractivity contribution in [2.75, 3.05) is 5.33 Å². The second kappa shape index (κ2) is 7.52. The van der Waals surface area contributed by atoms with Crippen LogP contribution in [0.1, 0.15) is 65.7 Å². The molecule has 1 aliphatic rings. The van der Waals surface area contributed by atoms with Gasteiger partial charge in [-0.15, -0.1) is 0 Å². The van der Waals surface area contributed by atoms with E-state index in [1.54, 1.807) is 0 Å². The molecule has 1 aliphatic carbocycles. The van der Waals surface area contributed by atoms with Crippen molar-refractivity contribution in [3.8, 4) is 0 Å². The highest BCUT2D eigenvalue weighted by atomic mass is 79.9. The largest absolute Gasteiger partial charge is 0.353 e. The molecule has 0 bridgehead atoms. The number of rotatable bonds is 6. The number of carbonyl (C=O) groups excluding carboxylic acids is 1. The topological polar surface area (TPSA) is 29.1 Å². The fourth-order valence-electron chi connectivity index (χ4n) is 2.73. The van der Waals surface area contributed by atoms with Crippen molar-refractivity contribution in [1.29, 1.82) is 0 Å². The Hall–Kier alpha value is -0.0500. The van der Waals surface area contributed by atoms with Crippen molar-refractivity contribution in [3.63, 3.8) is 0 Å². The van der Waals surface area contributed by atoms with Gasteiger partial charge in [-0.1, -0.05) is 62.4 Å².